The molecule has 1 aromatic heterocycles. The molecular formula is C28H33F2N3O4. The van der Waals surface area contributed by atoms with E-state index in [1.807, 2.05) is 25.1 Å². The number of aromatic amines is 1. The lowest BCUT2D eigenvalue weighted by atomic mass is 10.0. The van der Waals surface area contributed by atoms with E-state index in [9.17, 15) is 18.4 Å². The number of carbonyl (C=O) groups excluding carboxylic acids is 2. The van der Waals surface area contributed by atoms with Crippen molar-refractivity contribution in [3.8, 4) is 5.75 Å². The average Bonchev–Trinajstić information content (AvgIpc) is 3.23. The van der Waals surface area contributed by atoms with Gasteiger partial charge in [0.05, 0.1) is 26.1 Å². The monoisotopic (exact) mass is 513 g/mol. The van der Waals surface area contributed by atoms with Gasteiger partial charge in [-0.1, -0.05) is 18.9 Å². The molecule has 3 aromatic rings. The highest BCUT2D eigenvalue weighted by Gasteiger charge is 2.24. The second-order valence-electron chi connectivity index (χ2n) is 9.49. The number of hydrogen-bond donors (Lipinski definition) is 3. The first-order valence-electron chi connectivity index (χ1n) is 12.6. The van der Waals surface area contributed by atoms with Crippen LogP contribution < -0.4 is 15.4 Å². The predicted molar refractivity (Wildman–Crippen MR) is 136 cm³/mol. The van der Waals surface area contributed by atoms with E-state index in [-0.39, 0.29) is 37.0 Å². The SMILES string of the molecule is COc1ccc2[nH]c(C)c(CC(=O)N[C@@H]3CCCCCC(C(=O)NCc4ccc(F)cc4F)CO3)c2c1. The van der Waals surface area contributed by atoms with Crippen LogP contribution in [0.5, 0.6) is 5.75 Å². The number of fused-ring (bicyclic) bond motifs is 1. The van der Waals surface area contributed by atoms with E-state index in [0.717, 1.165) is 59.3 Å². The van der Waals surface area contributed by atoms with Crippen LogP contribution in [0.25, 0.3) is 10.9 Å². The Balaban J connectivity index is 1.35. The molecule has 9 heteroatoms. The van der Waals surface area contributed by atoms with Crippen LogP contribution in [0.2, 0.25) is 0 Å². The first kappa shape index (κ1) is 26.6. The van der Waals surface area contributed by atoms with Gasteiger partial charge in [-0.2, -0.15) is 0 Å². The van der Waals surface area contributed by atoms with E-state index in [1.54, 1.807) is 7.11 Å². The van der Waals surface area contributed by atoms with Crippen LogP contribution in [0, 0.1) is 24.5 Å². The fourth-order valence-electron chi connectivity index (χ4n) is 4.72. The van der Waals surface area contributed by atoms with Gasteiger partial charge in [0.15, 0.2) is 0 Å². The van der Waals surface area contributed by atoms with Crippen LogP contribution in [-0.2, 0) is 27.3 Å². The van der Waals surface area contributed by atoms with E-state index in [2.05, 4.69) is 15.6 Å². The summed E-state index contributed by atoms with van der Waals surface area (Å²) in [5, 5.41) is 6.65. The van der Waals surface area contributed by atoms with Gasteiger partial charge >= 0.3 is 0 Å². The number of rotatable bonds is 7. The standard InChI is InChI=1S/C28H33F2N3O4/c1-17-22(23-13-21(36-2)10-11-25(23)32-17)14-26(34)33-27-7-5-3-4-6-19(16-37-27)28(35)31-15-18-8-9-20(29)12-24(18)30/h8-13,19,27,32H,3-7,14-16H2,1-2H3,(H,31,35)(H,33,34)/t19?,27-/m0/s1. The topological polar surface area (TPSA) is 92.5 Å². The molecule has 1 saturated heterocycles. The zero-order chi connectivity index (χ0) is 26.4. The van der Waals surface area contributed by atoms with Crippen molar-refractivity contribution in [2.75, 3.05) is 13.7 Å². The predicted octanol–water partition coefficient (Wildman–Crippen LogP) is 4.66. The van der Waals surface area contributed by atoms with Crippen molar-refractivity contribution in [1.82, 2.24) is 15.6 Å². The minimum Gasteiger partial charge on any atom is -0.497 e. The number of benzene rings is 2. The fraction of sp³-hybridized carbons (Fsp3) is 0.429. The molecule has 0 bridgehead atoms. The molecule has 198 valence electrons. The van der Waals surface area contributed by atoms with E-state index in [1.165, 1.54) is 6.07 Å². The highest BCUT2D eigenvalue weighted by Crippen LogP contribution is 2.27. The Bertz CT molecular complexity index is 1260. The lowest BCUT2D eigenvalue weighted by Crippen LogP contribution is -2.40. The molecule has 1 fully saturated rings. The molecule has 2 amide bonds. The first-order valence-corrected chi connectivity index (χ1v) is 12.6. The number of methoxy groups -OCH3 is 1. The molecule has 0 spiro atoms. The Morgan fingerprint density at radius 3 is 2.70 bits per heavy atom. The van der Waals surface area contributed by atoms with E-state index >= 15 is 0 Å². The van der Waals surface area contributed by atoms with Crippen LogP contribution in [-0.4, -0.2) is 36.7 Å². The minimum atomic E-state index is -0.697. The van der Waals surface area contributed by atoms with E-state index in [4.69, 9.17) is 9.47 Å². The molecule has 37 heavy (non-hydrogen) atoms. The van der Waals surface area contributed by atoms with Crippen molar-refractivity contribution >= 4 is 22.7 Å². The van der Waals surface area contributed by atoms with Gasteiger partial charge in [0, 0.05) is 34.8 Å². The quantitative estimate of drug-likeness (QED) is 0.429. The van der Waals surface area contributed by atoms with E-state index in [0.29, 0.717) is 12.8 Å². The maximum absolute atomic E-state index is 13.9. The molecule has 2 aromatic carbocycles. The minimum absolute atomic E-state index is 0.0314. The van der Waals surface area contributed by atoms with Gasteiger partial charge in [0.2, 0.25) is 11.8 Å². The second kappa shape index (κ2) is 12.2. The number of halogens is 2. The molecule has 2 atom stereocenters. The Labute approximate surface area is 214 Å². The Kier molecular flexibility index (Phi) is 8.76. The Morgan fingerprint density at radius 1 is 1.11 bits per heavy atom. The van der Waals surface area contributed by atoms with Gasteiger partial charge in [0.25, 0.3) is 0 Å². The van der Waals surface area contributed by atoms with Crippen LogP contribution >= 0.6 is 0 Å². The Morgan fingerprint density at radius 2 is 1.92 bits per heavy atom. The van der Waals surface area contributed by atoms with E-state index < -0.39 is 23.8 Å². The van der Waals surface area contributed by atoms with Gasteiger partial charge in [0.1, 0.15) is 23.6 Å². The highest BCUT2D eigenvalue weighted by molar-refractivity contribution is 5.91. The molecule has 4 rings (SSSR count). The number of aryl methyl sites for hydroxylation is 1. The molecule has 1 aliphatic rings. The summed E-state index contributed by atoms with van der Waals surface area (Å²) in [7, 11) is 1.61. The van der Waals surface area contributed by atoms with Crippen LogP contribution in [0.1, 0.15) is 48.9 Å². The molecule has 0 aliphatic carbocycles. The maximum Gasteiger partial charge on any atom is 0.226 e. The normalized spacial score (nSPS) is 18.5. The maximum atomic E-state index is 13.9. The third-order valence-corrected chi connectivity index (χ3v) is 6.84. The summed E-state index contributed by atoms with van der Waals surface area (Å²) in [5.41, 5.74) is 2.98. The molecule has 1 aliphatic heterocycles. The Hall–Kier alpha value is -3.46. The summed E-state index contributed by atoms with van der Waals surface area (Å²) in [6, 6.07) is 9.00. The molecule has 1 unspecified atom stereocenters. The number of carbonyl (C=O) groups is 2. The lowest BCUT2D eigenvalue weighted by Gasteiger charge is -2.21. The van der Waals surface area contributed by atoms with Gasteiger partial charge in [-0.25, -0.2) is 8.78 Å². The second-order valence-corrected chi connectivity index (χ2v) is 9.49. The van der Waals surface area contributed by atoms with Gasteiger partial charge < -0.3 is 25.1 Å². The number of amides is 2. The fourth-order valence-corrected chi connectivity index (χ4v) is 4.72. The summed E-state index contributed by atoms with van der Waals surface area (Å²) >= 11 is 0. The van der Waals surface area contributed by atoms with Gasteiger partial charge in [-0.05, 0) is 56.0 Å². The number of aromatic nitrogens is 1. The highest BCUT2D eigenvalue weighted by atomic mass is 19.1. The first-order chi connectivity index (χ1) is 17.8. The summed E-state index contributed by atoms with van der Waals surface area (Å²) in [6.45, 7) is 2.05. The van der Waals surface area contributed by atoms with Crippen molar-refractivity contribution in [1.29, 1.82) is 0 Å². The third kappa shape index (κ3) is 6.85. The van der Waals surface area contributed by atoms with Gasteiger partial charge in [-0.3, -0.25) is 9.59 Å². The number of ether oxygens (including phenoxy) is 2. The van der Waals surface area contributed by atoms with Crippen molar-refractivity contribution < 1.29 is 27.8 Å². The smallest absolute Gasteiger partial charge is 0.226 e. The van der Waals surface area contributed by atoms with Crippen LogP contribution in [0.15, 0.2) is 36.4 Å². The van der Waals surface area contributed by atoms with Crippen LogP contribution in [0.3, 0.4) is 0 Å². The lowest BCUT2D eigenvalue weighted by molar-refractivity contribution is -0.130. The molecular weight excluding hydrogens is 480 g/mol. The summed E-state index contributed by atoms with van der Waals surface area (Å²) in [6.07, 6.45) is 3.60. The average molecular weight is 514 g/mol. The zero-order valence-electron chi connectivity index (χ0n) is 21.2. The van der Waals surface area contributed by atoms with Crippen molar-refractivity contribution in [2.24, 2.45) is 5.92 Å². The summed E-state index contributed by atoms with van der Waals surface area (Å²) in [5.74, 6) is -1.48. The summed E-state index contributed by atoms with van der Waals surface area (Å²) in [4.78, 5) is 29.1. The number of hydrogen-bond acceptors (Lipinski definition) is 4. The van der Waals surface area contributed by atoms with Crippen molar-refractivity contribution in [3.05, 3.63) is 64.9 Å². The largest absolute Gasteiger partial charge is 0.497 e. The third-order valence-electron chi connectivity index (χ3n) is 6.84. The van der Waals surface area contributed by atoms with Crippen LogP contribution in [0.4, 0.5) is 8.78 Å². The number of nitrogens with one attached hydrogen (secondary N) is 3. The number of H-pyrrole nitrogens is 1. The van der Waals surface area contributed by atoms with Gasteiger partial charge in [-0.15, -0.1) is 0 Å². The molecule has 0 radical (unpaired) electrons. The zero-order valence-corrected chi connectivity index (χ0v) is 21.2. The summed E-state index contributed by atoms with van der Waals surface area (Å²) < 4.78 is 38.4. The molecule has 7 nitrogen and oxygen atoms in total. The molecule has 3 N–H and O–H groups in total. The van der Waals surface area contributed by atoms with Crippen molar-refractivity contribution in [2.45, 2.75) is 58.2 Å². The van der Waals surface area contributed by atoms with Crippen molar-refractivity contribution in [3.63, 3.8) is 0 Å². The molecule has 2 heterocycles. The molecule has 0 saturated carbocycles.